The van der Waals surface area contributed by atoms with Crippen LogP contribution in [0.1, 0.15) is 5.69 Å². The van der Waals surface area contributed by atoms with Crippen molar-refractivity contribution in [1.29, 1.82) is 0 Å². The smallest absolute Gasteiger partial charge is 0.162 e. The van der Waals surface area contributed by atoms with Crippen LogP contribution in [0.4, 0.5) is 0 Å². The molecule has 2 N–H and O–H groups in total. The predicted octanol–water partition coefficient (Wildman–Crippen LogP) is 2.80. The Hall–Kier alpha value is -1.11. The predicted molar refractivity (Wildman–Crippen MR) is 74.1 cm³/mol. The van der Waals surface area contributed by atoms with E-state index in [1.807, 2.05) is 18.2 Å². The van der Waals surface area contributed by atoms with Gasteiger partial charge in [0, 0.05) is 12.1 Å². The molecule has 6 heteroatoms. The number of aromatic nitrogens is 1. The van der Waals surface area contributed by atoms with Gasteiger partial charge < -0.3 is 15.2 Å². The fraction of sp³-hybridized carbons (Fsp3) is 0.250. The summed E-state index contributed by atoms with van der Waals surface area (Å²) < 4.78 is 12.0. The second kappa shape index (κ2) is 4.87. The zero-order valence-corrected chi connectivity index (χ0v) is 11.9. The van der Waals surface area contributed by atoms with E-state index in [9.17, 15) is 0 Å². The average Bonchev–Trinajstić information content (AvgIpc) is 2.79. The lowest BCUT2D eigenvalue weighted by Crippen LogP contribution is -2.15. The Labute approximate surface area is 117 Å². The molecule has 0 amide bonds. The van der Waals surface area contributed by atoms with E-state index in [1.54, 1.807) is 11.3 Å². The number of fused-ring (bicyclic) bond motifs is 1. The lowest BCUT2D eigenvalue weighted by Gasteiger charge is -2.18. The van der Waals surface area contributed by atoms with E-state index in [1.165, 1.54) is 0 Å². The SMILES string of the molecule is NCc1nc(-c2ccc3c(c2)OCCO3)sc1Br. The van der Waals surface area contributed by atoms with Gasteiger partial charge in [-0.3, -0.25) is 0 Å². The zero-order chi connectivity index (χ0) is 12.5. The minimum absolute atomic E-state index is 0.432. The Kier molecular flexibility index (Phi) is 3.23. The molecule has 1 aliphatic heterocycles. The molecule has 0 saturated heterocycles. The second-order valence-electron chi connectivity index (χ2n) is 3.80. The van der Waals surface area contributed by atoms with Gasteiger partial charge in [0.2, 0.25) is 0 Å². The van der Waals surface area contributed by atoms with Gasteiger partial charge in [-0.25, -0.2) is 4.98 Å². The van der Waals surface area contributed by atoms with Crippen LogP contribution in [0.5, 0.6) is 11.5 Å². The van der Waals surface area contributed by atoms with Gasteiger partial charge in [0.05, 0.1) is 9.48 Å². The Morgan fingerprint density at radius 3 is 2.78 bits per heavy atom. The largest absolute Gasteiger partial charge is 0.486 e. The van der Waals surface area contributed by atoms with Gasteiger partial charge in [0.25, 0.3) is 0 Å². The zero-order valence-electron chi connectivity index (χ0n) is 9.48. The number of nitrogens with two attached hydrogens (primary N) is 1. The van der Waals surface area contributed by atoms with Gasteiger partial charge in [-0.15, -0.1) is 11.3 Å². The first-order valence-corrected chi connectivity index (χ1v) is 7.14. The van der Waals surface area contributed by atoms with Gasteiger partial charge in [0.15, 0.2) is 11.5 Å². The lowest BCUT2D eigenvalue weighted by atomic mass is 10.2. The second-order valence-corrected chi connectivity index (χ2v) is 6.12. The molecule has 0 unspecified atom stereocenters. The molecule has 1 aromatic carbocycles. The van der Waals surface area contributed by atoms with Gasteiger partial charge in [-0.05, 0) is 34.1 Å². The number of ether oxygens (including phenoxy) is 2. The van der Waals surface area contributed by atoms with Crippen LogP contribution in [0.25, 0.3) is 10.6 Å². The maximum atomic E-state index is 5.62. The first kappa shape index (κ1) is 12.0. The topological polar surface area (TPSA) is 57.4 Å². The molecular formula is C12H11BrN2O2S. The molecule has 0 aliphatic carbocycles. The lowest BCUT2D eigenvalue weighted by molar-refractivity contribution is 0.171. The van der Waals surface area contributed by atoms with Crippen molar-refractivity contribution in [2.45, 2.75) is 6.54 Å². The van der Waals surface area contributed by atoms with Crippen molar-refractivity contribution < 1.29 is 9.47 Å². The van der Waals surface area contributed by atoms with Crippen molar-refractivity contribution in [2.24, 2.45) is 5.73 Å². The highest BCUT2D eigenvalue weighted by atomic mass is 79.9. The molecule has 0 spiro atoms. The number of hydrogen-bond donors (Lipinski definition) is 1. The van der Waals surface area contributed by atoms with Gasteiger partial charge >= 0.3 is 0 Å². The summed E-state index contributed by atoms with van der Waals surface area (Å²) in [4.78, 5) is 4.50. The van der Waals surface area contributed by atoms with E-state index in [2.05, 4.69) is 20.9 Å². The van der Waals surface area contributed by atoms with Crippen molar-refractivity contribution in [3.63, 3.8) is 0 Å². The van der Waals surface area contributed by atoms with Crippen LogP contribution in [-0.4, -0.2) is 18.2 Å². The van der Waals surface area contributed by atoms with Gasteiger partial charge in [0.1, 0.15) is 18.2 Å². The summed E-state index contributed by atoms with van der Waals surface area (Å²) in [5, 5.41) is 0.930. The summed E-state index contributed by atoms with van der Waals surface area (Å²) in [6.45, 7) is 1.63. The third-order valence-corrected chi connectivity index (χ3v) is 4.51. The first-order chi connectivity index (χ1) is 8.78. The Morgan fingerprint density at radius 2 is 2.06 bits per heavy atom. The fourth-order valence-corrected chi connectivity index (χ4v) is 3.29. The summed E-state index contributed by atoms with van der Waals surface area (Å²) in [6.07, 6.45) is 0. The third-order valence-electron chi connectivity index (χ3n) is 2.63. The summed E-state index contributed by atoms with van der Waals surface area (Å²) in [7, 11) is 0. The fourth-order valence-electron chi connectivity index (χ4n) is 1.76. The van der Waals surface area contributed by atoms with Crippen LogP contribution < -0.4 is 15.2 Å². The maximum absolute atomic E-state index is 5.62. The number of hydrogen-bond acceptors (Lipinski definition) is 5. The van der Waals surface area contributed by atoms with Crippen LogP contribution in [0.2, 0.25) is 0 Å². The number of rotatable bonds is 2. The molecule has 4 nitrogen and oxygen atoms in total. The van der Waals surface area contributed by atoms with Crippen LogP contribution in [0.3, 0.4) is 0 Å². The molecule has 0 saturated carbocycles. The molecule has 0 atom stereocenters. The molecule has 1 aromatic heterocycles. The van der Waals surface area contributed by atoms with Crippen molar-refractivity contribution in [1.82, 2.24) is 4.98 Å². The van der Waals surface area contributed by atoms with E-state index in [4.69, 9.17) is 15.2 Å². The molecule has 2 heterocycles. The van der Waals surface area contributed by atoms with Crippen molar-refractivity contribution in [3.05, 3.63) is 27.7 Å². The normalized spacial score (nSPS) is 13.7. The summed E-state index contributed by atoms with van der Waals surface area (Å²) >= 11 is 5.04. The van der Waals surface area contributed by atoms with Crippen LogP contribution >= 0.6 is 27.3 Å². The Balaban J connectivity index is 2.00. The molecule has 0 radical (unpaired) electrons. The molecule has 18 heavy (non-hydrogen) atoms. The highest BCUT2D eigenvalue weighted by Crippen LogP contribution is 2.37. The molecule has 0 bridgehead atoms. The Bertz CT molecular complexity index is 585. The van der Waals surface area contributed by atoms with E-state index in [0.29, 0.717) is 19.8 Å². The summed E-state index contributed by atoms with van der Waals surface area (Å²) in [6, 6.07) is 5.86. The Morgan fingerprint density at radius 1 is 1.28 bits per heavy atom. The monoisotopic (exact) mass is 326 g/mol. The average molecular weight is 327 g/mol. The highest BCUT2D eigenvalue weighted by molar-refractivity contribution is 9.11. The van der Waals surface area contributed by atoms with Crippen LogP contribution in [0.15, 0.2) is 22.0 Å². The van der Waals surface area contributed by atoms with Crippen molar-refractivity contribution in [2.75, 3.05) is 13.2 Å². The number of thiazole rings is 1. The van der Waals surface area contributed by atoms with E-state index < -0.39 is 0 Å². The third kappa shape index (κ3) is 2.11. The molecule has 3 rings (SSSR count). The summed E-state index contributed by atoms with van der Waals surface area (Å²) in [5.41, 5.74) is 7.52. The first-order valence-electron chi connectivity index (χ1n) is 5.53. The standard InChI is InChI=1S/C12H11BrN2O2S/c13-11-8(6-14)15-12(18-11)7-1-2-9-10(5-7)17-4-3-16-9/h1-2,5H,3-4,6,14H2. The quantitative estimate of drug-likeness (QED) is 0.921. The van der Waals surface area contributed by atoms with Crippen molar-refractivity contribution in [3.8, 4) is 22.1 Å². The molecule has 1 aliphatic rings. The van der Waals surface area contributed by atoms with Crippen LogP contribution in [-0.2, 0) is 6.54 Å². The number of halogens is 1. The number of benzene rings is 1. The minimum atomic E-state index is 0.432. The molecule has 94 valence electrons. The van der Waals surface area contributed by atoms with E-state index in [0.717, 1.165) is 31.6 Å². The van der Waals surface area contributed by atoms with Gasteiger partial charge in [-0.2, -0.15) is 0 Å². The minimum Gasteiger partial charge on any atom is -0.486 e. The molecule has 0 fully saturated rings. The van der Waals surface area contributed by atoms with E-state index in [-0.39, 0.29) is 0 Å². The molecule has 2 aromatic rings. The van der Waals surface area contributed by atoms with Crippen molar-refractivity contribution >= 4 is 27.3 Å². The molecular weight excluding hydrogens is 316 g/mol. The highest BCUT2D eigenvalue weighted by Gasteiger charge is 2.15. The van der Waals surface area contributed by atoms with E-state index >= 15 is 0 Å². The number of nitrogens with zero attached hydrogens (tertiary/aromatic N) is 1. The van der Waals surface area contributed by atoms with Gasteiger partial charge in [-0.1, -0.05) is 0 Å². The van der Waals surface area contributed by atoms with Crippen LogP contribution in [0, 0.1) is 0 Å². The summed E-state index contributed by atoms with van der Waals surface area (Å²) in [5.74, 6) is 1.57. The maximum Gasteiger partial charge on any atom is 0.162 e.